The normalized spacial score (nSPS) is 19.8. The summed E-state index contributed by atoms with van der Waals surface area (Å²) < 4.78 is 0. The van der Waals surface area contributed by atoms with E-state index in [0.717, 1.165) is 171 Å². The molecule has 12 nitrogen and oxygen atoms in total. The molecule has 0 amide bonds. The van der Waals surface area contributed by atoms with E-state index in [9.17, 15) is 45.5 Å². The number of benzene rings is 7. The lowest BCUT2D eigenvalue weighted by atomic mass is 9.95. The minimum Gasteiger partial charge on any atom is -0.477 e. The number of aliphatic carboxylic acids is 3. The van der Waals surface area contributed by atoms with Gasteiger partial charge in [-0.15, -0.1) is 34.0 Å². The minimum atomic E-state index is -1.23. The van der Waals surface area contributed by atoms with Crippen LogP contribution in [0.4, 0.5) is 34.1 Å². The molecule has 7 aromatic carbocycles. The van der Waals surface area contributed by atoms with Gasteiger partial charge >= 0.3 is 17.9 Å². The number of anilines is 6. The molecule has 15 heteroatoms. The Hall–Kier alpha value is -10.9. The fourth-order valence-electron chi connectivity index (χ4n) is 16.2. The molecule has 6 unspecified atom stereocenters. The fourth-order valence-corrected chi connectivity index (χ4v) is 19.2. The molecular weight excluding hydrogens is 1250 g/mol. The van der Waals surface area contributed by atoms with Gasteiger partial charge in [-0.3, -0.25) is 0 Å². The van der Waals surface area contributed by atoms with E-state index in [0.29, 0.717) is 35.9 Å². The highest BCUT2D eigenvalue weighted by Crippen LogP contribution is 2.56. The first-order chi connectivity index (χ1) is 46.9. The van der Waals surface area contributed by atoms with Gasteiger partial charge in [0.1, 0.15) is 34.9 Å². The number of rotatable bonds is 15. The highest BCUT2D eigenvalue weighted by molar-refractivity contribution is 7.19. The van der Waals surface area contributed by atoms with Crippen molar-refractivity contribution in [3.8, 4) is 80.9 Å². The molecule has 0 radical (unpaired) electrons. The van der Waals surface area contributed by atoms with E-state index in [2.05, 4.69) is 178 Å². The van der Waals surface area contributed by atoms with Crippen molar-refractivity contribution in [2.75, 3.05) is 14.7 Å². The van der Waals surface area contributed by atoms with Gasteiger partial charge in [0.05, 0.1) is 0 Å². The van der Waals surface area contributed by atoms with Crippen LogP contribution < -0.4 is 14.7 Å². The Morgan fingerprint density at radius 1 is 0.344 bits per heavy atom. The Morgan fingerprint density at radius 3 is 0.854 bits per heavy atom. The molecule has 6 aliphatic rings. The van der Waals surface area contributed by atoms with Gasteiger partial charge in [0.25, 0.3) is 0 Å². The van der Waals surface area contributed by atoms with Crippen molar-refractivity contribution < 1.29 is 29.7 Å². The van der Waals surface area contributed by atoms with Crippen LogP contribution in [0.3, 0.4) is 0 Å². The lowest BCUT2D eigenvalue weighted by molar-refractivity contribution is -0.133. The van der Waals surface area contributed by atoms with Gasteiger partial charge in [0, 0.05) is 99.3 Å². The molecule has 468 valence electrons. The van der Waals surface area contributed by atoms with Gasteiger partial charge in [-0.25, -0.2) is 14.4 Å². The number of hydrogen-bond donors (Lipinski definition) is 3. The first-order valence-electron chi connectivity index (χ1n) is 32.5. The summed E-state index contributed by atoms with van der Waals surface area (Å²) in [6.45, 7) is 0. The van der Waals surface area contributed by atoms with Crippen LogP contribution in [-0.4, -0.2) is 51.4 Å². The summed E-state index contributed by atoms with van der Waals surface area (Å²) in [5, 5.41) is 57.1. The Kier molecular flexibility index (Phi) is 15.3. The summed E-state index contributed by atoms with van der Waals surface area (Å²) in [5.41, 5.74) is 18.5. The van der Waals surface area contributed by atoms with Crippen LogP contribution in [0.5, 0.6) is 0 Å². The van der Waals surface area contributed by atoms with E-state index in [1.54, 1.807) is 34.0 Å². The molecule has 96 heavy (non-hydrogen) atoms. The lowest BCUT2D eigenvalue weighted by Gasteiger charge is -2.27. The van der Waals surface area contributed by atoms with Crippen molar-refractivity contribution in [3.05, 3.63) is 232 Å². The van der Waals surface area contributed by atoms with Gasteiger partial charge in [0.2, 0.25) is 0 Å². The monoisotopic (exact) mass is 1310 g/mol. The summed E-state index contributed by atoms with van der Waals surface area (Å²) in [5.74, 6) is -2.69. The van der Waals surface area contributed by atoms with Crippen LogP contribution in [-0.2, 0) is 14.4 Å². The standard InChI is InChI=1S/C81H60N6O6S3/c82-43-55(79(88)89)34-46-10-25-70-64(37-46)61-4-1-7-67(61)85(70)58-19-13-49(14-20-58)73-28-31-76(94-73)52-40-53(77-32-29-74(95-77)50-15-21-59(22-16-50)86-68-8-2-5-62(68)65-38-47(11-26-71(65)86)35-56(44-83)80(90)91)42-54(41-52)78-33-30-75(96-78)51-17-23-60(24-18-51)87-69-9-3-6-63(69)66-39-48(12-27-72(66)87)36-57(45-84)81(92)93/h10-42,61-63,67-69H,1-9H2,(H,88,89)(H,90,91)(H,92,93)/b55-34-,56-35+,57-36+. The van der Waals surface area contributed by atoms with Crippen molar-refractivity contribution >= 4 is 104 Å². The van der Waals surface area contributed by atoms with Crippen molar-refractivity contribution in [3.63, 3.8) is 0 Å². The number of fused-ring (bicyclic) bond motifs is 9. The second kappa shape index (κ2) is 24.5. The smallest absolute Gasteiger partial charge is 0.346 e. The van der Waals surface area contributed by atoms with E-state index in [4.69, 9.17) is 0 Å². The summed E-state index contributed by atoms with van der Waals surface area (Å²) in [6.07, 6.45) is 14.1. The zero-order valence-corrected chi connectivity index (χ0v) is 54.3. The minimum absolute atomic E-state index is 0.279. The Labute approximate surface area is 567 Å². The first-order valence-corrected chi connectivity index (χ1v) is 34.9. The third-order valence-corrected chi connectivity index (χ3v) is 24.0. The molecule has 3 aliphatic carbocycles. The van der Waals surface area contributed by atoms with E-state index < -0.39 is 17.9 Å². The molecule has 6 heterocycles. The first kappa shape index (κ1) is 60.1. The molecule has 10 aromatic rings. The van der Waals surface area contributed by atoms with Gasteiger partial charge < -0.3 is 30.0 Å². The average Bonchev–Trinajstić information content (AvgIpc) is 1.60. The van der Waals surface area contributed by atoms with E-state index in [1.807, 2.05) is 36.4 Å². The quantitative estimate of drug-likeness (QED) is 0.0651. The number of carboxylic acids is 3. The van der Waals surface area contributed by atoms with Crippen molar-refractivity contribution in [2.24, 2.45) is 0 Å². The number of hydrogen-bond acceptors (Lipinski definition) is 12. The van der Waals surface area contributed by atoms with Gasteiger partial charge in [-0.2, -0.15) is 15.8 Å². The molecule has 0 spiro atoms. The third-order valence-electron chi connectivity index (χ3n) is 20.4. The summed E-state index contributed by atoms with van der Waals surface area (Å²) in [7, 11) is 0. The summed E-state index contributed by atoms with van der Waals surface area (Å²) in [6, 6.07) is 71.7. The zero-order valence-electron chi connectivity index (χ0n) is 51.9. The van der Waals surface area contributed by atoms with Crippen LogP contribution in [0.15, 0.2) is 199 Å². The molecule has 16 rings (SSSR count). The predicted octanol–water partition coefficient (Wildman–Crippen LogP) is 20.2. The topological polar surface area (TPSA) is 193 Å². The number of nitriles is 3. The Morgan fingerprint density at radius 2 is 0.604 bits per heavy atom. The largest absolute Gasteiger partial charge is 0.477 e. The molecular formula is C81H60N6O6S3. The van der Waals surface area contributed by atoms with Crippen LogP contribution in [0.2, 0.25) is 0 Å². The maximum atomic E-state index is 11.7. The molecule has 3 N–H and O–H groups in total. The molecule has 3 aliphatic heterocycles. The Bertz CT molecular complexity index is 4580. The van der Waals surface area contributed by atoms with Crippen LogP contribution in [0.25, 0.3) is 80.9 Å². The molecule has 6 atom stereocenters. The predicted molar refractivity (Wildman–Crippen MR) is 383 cm³/mol. The van der Waals surface area contributed by atoms with Crippen molar-refractivity contribution in [1.29, 1.82) is 15.8 Å². The third kappa shape index (κ3) is 10.7. The van der Waals surface area contributed by atoms with E-state index in [-0.39, 0.29) is 16.7 Å². The highest BCUT2D eigenvalue weighted by atomic mass is 32.1. The number of carboxylic acid groups (broad SMARTS) is 3. The van der Waals surface area contributed by atoms with Crippen LogP contribution in [0.1, 0.15) is 109 Å². The van der Waals surface area contributed by atoms with Crippen LogP contribution in [0, 0.1) is 34.0 Å². The van der Waals surface area contributed by atoms with Gasteiger partial charge in [-0.1, -0.05) is 73.9 Å². The Balaban J connectivity index is 0.702. The SMILES string of the molecule is N#C/C(=C/c1ccc2c(c1)C1CCCC1N2c1ccc(-c2ccc(-c3cc(-c4ccc(-c5ccc(N6c7ccc(/C=C(\C#N)C(=O)O)cc7C7CCCC76)cc5)s4)cc(-c4ccc(-c5ccc(N6c7ccc(/C=C(\C#N)C(=O)O)cc7C7CCCC76)cc5)s4)c3)s2)cc1)C(=O)O. The number of carbonyl (C=O) groups is 3. The number of thiophene rings is 3. The molecule has 0 saturated heterocycles. The zero-order chi connectivity index (χ0) is 65.5. The second-order valence-corrected chi connectivity index (χ2v) is 29.0. The van der Waals surface area contributed by atoms with Gasteiger partial charge in [-0.05, 0) is 251 Å². The maximum absolute atomic E-state index is 11.7. The molecule has 3 fully saturated rings. The molecule has 0 bridgehead atoms. The van der Waals surface area contributed by atoms with Crippen molar-refractivity contribution in [2.45, 2.75) is 93.7 Å². The van der Waals surface area contributed by atoms with E-state index >= 15 is 0 Å². The second-order valence-electron chi connectivity index (χ2n) is 25.7. The van der Waals surface area contributed by atoms with E-state index in [1.165, 1.54) is 34.9 Å². The number of nitrogens with zero attached hydrogens (tertiary/aromatic N) is 6. The molecule has 3 aromatic heterocycles. The average molecular weight is 1310 g/mol. The summed E-state index contributed by atoms with van der Waals surface area (Å²) in [4.78, 5) is 49.5. The molecule has 3 saturated carbocycles. The fraction of sp³-hybridized carbons (Fsp3) is 0.185. The maximum Gasteiger partial charge on any atom is 0.346 e. The van der Waals surface area contributed by atoms with Crippen LogP contribution >= 0.6 is 34.0 Å². The van der Waals surface area contributed by atoms with Crippen molar-refractivity contribution in [1.82, 2.24) is 0 Å². The highest BCUT2D eigenvalue weighted by Gasteiger charge is 2.45. The summed E-state index contributed by atoms with van der Waals surface area (Å²) >= 11 is 5.35. The lowest BCUT2D eigenvalue weighted by Crippen LogP contribution is -2.26. The van der Waals surface area contributed by atoms with Gasteiger partial charge in [0.15, 0.2) is 0 Å².